The van der Waals surface area contributed by atoms with Crippen LogP contribution in [0.5, 0.6) is 5.75 Å². The fraction of sp³-hybridized carbons (Fsp3) is 0.308. The summed E-state index contributed by atoms with van der Waals surface area (Å²) in [6.45, 7) is 2.18. The molecule has 0 unspecified atom stereocenters. The van der Waals surface area contributed by atoms with Crippen LogP contribution in [0.2, 0.25) is 0 Å². The normalized spacial score (nSPS) is 18.5. The van der Waals surface area contributed by atoms with E-state index < -0.39 is 0 Å². The van der Waals surface area contributed by atoms with Gasteiger partial charge in [-0.2, -0.15) is 0 Å². The van der Waals surface area contributed by atoms with Crippen molar-refractivity contribution >= 4 is 11.9 Å². The van der Waals surface area contributed by atoms with Crippen LogP contribution in [0, 0.1) is 0 Å². The van der Waals surface area contributed by atoms with Gasteiger partial charge in [0.25, 0.3) is 0 Å². The highest BCUT2D eigenvalue weighted by molar-refractivity contribution is 5.84. The average molecular weight is 215 g/mol. The molecule has 3 nitrogen and oxygen atoms in total. The van der Waals surface area contributed by atoms with Gasteiger partial charge < -0.3 is 10.1 Å². The third-order valence-electron chi connectivity index (χ3n) is 2.94. The summed E-state index contributed by atoms with van der Waals surface area (Å²) in [4.78, 5) is 11.3. The number of ketones is 1. The van der Waals surface area contributed by atoms with Gasteiger partial charge in [0.2, 0.25) is 0 Å². The molecule has 3 rings (SSSR count). The first-order valence-corrected chi connectivity index (χ1v) is 5.49. The Kier molecular flexibility index (Phi) is 2.26. The molecule has 82 valence electrons. The lowest BCUT2D eigenvalue weighted by Gasteiger charge is -2.20. The molecule has 0 saturated carbocycles. The largest absolute Gasteiger partial charge is 0.486 e. The van der Waals surface area contributed by atoms with E-state index >= 15 is 0 Å². The van der Waals surface area contributed by atoms with Crippen molar-refractivity contribution in [3.05, 3.63) is 34.9 Å². The minimum Gasteiger partial charge on any atom is -0.486 e. The van der Waals surface area contributed by atoms with E-state index in [1.54, 1.807) is 0 Å². The van der Waals surface area contributed by atoms with Gasteiger partial charge in [0.05, 0.1) is 0 Å². The van der Waals surface area contributed by atoms with E-state index in [4.69, 9.17) is 4.74 Å². The van der Waals surface area contributed by atoms with Gasteiger partial charge in [-0.1, -0.05) is 12.1 Å². The molecular formula is C13H13NO2. The predicted molar refractivity (Wildman–Crippen MR) is 61.5 cm³/mol. The summed E-state index contributed by atoms with van der Waals surface area (Å²) in [5.74, 6) is 1.01. The maximum Gasteiger partial charge on any atom is 0.174 e. The number of hydrogen-bond donors (Lipinski definition) is 1. The predicted octanol–water partition coefficient (Wildman–Crippen LogP) is 1.18. The van der Waals surface area contributed by atoms with Crippen molar-refractivity contribution < 1.29 is 9.53 Å². The van der Waals surface area contributed by atoms with E-state index in [0.717, 1.165) is 30.0 Å². The van der Waals surface area contributed by atoms with E-state index in [1.807, 2.05) is 12.1 Å². The molecule has 16 heavy (non-hydrogen) atoms. The van der Waals surface area contributed by atoms with Crippen LogP contribution in [0.1, 0.15) is 11.1 Å². The Morgan fingerprint density at radius 2 is 2.19 bits per heavy atom. The van der Waals surface area contributed by atoms with E-state index in [-0.39, 0.29) is 12.4 Å². The average Bonchev–Trinajstić information content (AvgIpc) is 2.23. The SMILES string of the molecule is O=C1COc2ccc(C=C3CNC3)cc2C1. The smallest absolute Gasteiger partial charge is 0.174 e. The van der Waals surface area contributed by atoms with Crippen molar-refractivity contribution in [3.8, 4) is 5.75 Å². The Morgan fingerprint density at radius 1 is 1.31 bits per heavy atom. The highest BCUT2D eigenvalue weighted by Gasteiger charge is 2.16. The van der Waals surface area contributed by atoms with Crippen molar-refractivity contribution in [1.82, 2.24) is 5.32 Å². The molecule has 0 radical (unpaired) electrons. The maximum absolute atomic E-state index is 11.3. The number of Topliss-reactive ketones (excluding diaryl/α,β-unsaturated/α-hetero) is 1. The van der Waals surface area contributed by atoms with Crippen LogP contribution >= 0.6 is 0 Å². The van der Waals surface area contributed by atoms with Gasteiger partial charge in [-0.05, 0) is 23.3 Å². The fourth-order valence-corrected chi connectivity index (χ4v) is 2.00. The number of carbonyl (C=O) groups is 1. The molecule has 0 bridgehead atoms. The molecule has 0 aromatic heterocycles. The second kappa shape index (κ2) is 3.76. The van der Waals surface area contributed by atoms with E-state index in [2.05, 4.69) is 17.5 Å². The fourth-order valence-electron chi connectivity index (χ4n) is 2.00. The van der Waals surface area contributed by atoms with Gasteiger partial charge in [0, 0.05) is 25.1 Å². The number of nitrogens with one attached hydrogen (secondary N) is 1. The number of hydrogen-bond acceptors (Lipinski definition) is 3. The number of fused-ring (bicyclic) bond motifs is 1. The van der Waals surface area contributed by atoms with Crippen LogP contribution in [0.25, 0.3) is 6.08 Å². The standard InChI is InChI=1S/C13H13NO2/c15-12-5-11-4-9(3-10-6-14-7-10)1-2-13(11)16-8-12/h1-4,14H,5-8H2. The second-order valence-corrected chi connectivity index (χ2v) is 4.28. The summed E-state index contributed by atoms with van der Waals surface area (Å²) in [6, 6.07) is 6.05. The molecule has 1 saturated heterocycles. The first-order chi connectivity index (χ1) is 7.81. The molecule has 3 heteroatoms. The summed E-state index contributed by atoms with van der Waals surface area (Å²) in [5, 5.41) is 3.20. The molecule has 1 N–H and O–H groups in total. The molecule has 1 fully saturated rings. The first kappa shape index (κ1) is 9.60. The minimum absolute atomic E-state index is 0.155. The minimum atomic E-state index is 0.155. The van der Waals surface area contributed by atoms with Crippen molar-refractivity contribution in [2.45, 2.75) is 6.42 Å². The number of benzene rings is 1. The summed E-state index contributed by atoms with van der Waals surface area (Å²) in [6.07, 6.45) is 2.68. The molecule has 0 spiro atoms. The lowest BCUT2D eigenvalue weighted by atomic mass is 10.0. The summed E-state index contributed by atoms with van der Waals surface area (Å²) in [7, 11) is 0. The Balaban J connectivity index is 1.91. The van der Waals surface area contributed by atoms with Gasteiger partial charge in [-0.15, -0.1) is 0 Å². The Hall–Kier alpha value is -1.61. The number of carbonyl (C=O) groups excluding carboxylic acids is 1. The molecule has 2 heterocycles. The van der Waals surface area contributed by atoms with Crippen LogP contribution in [0.4, 0.5) is 0 Å². The second-order valence-electron chi connectivity index (χ2n) is 4.28. The number of rotatable bonds is 1. The third kappa shape index (κ3) is 1.74. The Morgan fingerprint density at radius 3 is 2.94 bits per heavy atom. The summed E-state index contributed by atoms with van der Waals surface area (Å²) >= 11 is 0. The van der Waals surface area contributed by atoms with Gasteiger partial charge in [-0.3, -0.25) is 4.79 Å². The molecule has 0 aliphatic carbocycles. The van der Waals surface area contributed by atoms with E-state index in [9.17, 15) is 4.79 Å². The van der Waals surface area contributed by atoms with Crippen LogP contribution in [-0.2, 0) is 11.2 Å². The van der Waals surface area contributed by atoms with Crippen molar-refractivity contribution in [3.63, 3.8) is 0 Å². The van der Waals surface area contributed by atoms with Crippen LogP contribution in [0.3, 0.4) is 0 Å². The Bertz CT molecular complexity index is 471. The molecule has 2 aliphatic heterocycles. The van der Waals surface area contributed by atoms with Crippen LogP contribution in [0.15, 0.2) is 23.8 Å². The molecule has 0 amide bonds. The third-order valence-corrected chi connectivity index (χ3v) is 2.94. The van der Waals surface area contributed by atoms with Crippen molar-refractivity contribution in [2.75, 3.05) is 19.7 Å². The van der Waals surface area contributed by atoms with Gasteiger partial charge in [0.15, 0.2) is 5.78 Å². The Labute approximate surface area is 94.1 Å². The zero-order valence-electron chi connectivity index (χ0n) is 8.95. The summed E-state index contributed by atoms with van der Waals surface area (Å²) in [5.41, 5.74) is 3.58. The van der Waals surface area contributed by atoms with E-state index in [0.29, 0.717) is 6.42 Å². The molecular weight excluding hydrogens is 202 g/mol. The van der Waals surface area contributed by atoms with Crippen molar-refractivity contribution in [2.24, 2.45) is 0 Å². The maximum atomic E-state index is 11.3. The molecule has 1 aromatic rings. The molecule has 1 aromatic carbocycles. The molecule has 0 atom stereocenters. The topological polar surface area (TPSA) is 38.3 Å². The van der Waals surface area contributed by atoms with Crippen LogP contribution < -0.4 is 10.1 Å². The van der Waals surface area contributed by atoms with Gasteiger partial charge in [-0.25, -0.2) is 0 Å². The monoisotopic (exact) mass is 215 g/mol. The van der Waals surface area contributed by atoms with Gasteiger partial charge >= 0.3 is 0 Å². The van der Waals surface area contributed by atoms with Crippen LogP contribution in [-0.4, -0.2) is 25.5 Å². The highest BCUT2D eigenvalue weighted by atomic mass is 16.5. The molecule has 2 aliphatic rings. The number of ether oxygens (including phenoxy) is 1. The highest BCUT2D eigenvalue weighted by Crippen LogP contribution is 2.25. The zero-order valence-corrected chi connectivity index (χ0v) is 8.95. The van der Waals surface area contributed by atoms with E-state index in [1.165, 1.54) is 5.57 Å². The zero-order chi connectivity index (χ0) is 11.0. The lowest BCUT2D eigenvalue weighted by Crippen LogP contribution is -2.33. The quantitative estimate of drug-likeness (QED) is 0.764. The first-order valence-electron chi connectivity index (χ1n) is 5.49. The van der Waals surface area contributed by atoms with Gasteiger partial charge in [0.1, 0.15) is 12.4 Å². The lowest BCUT2D eigenvalue weighted by molar-refractivity contribution is -0.121. The summed E-state index contributed by atoms with van der Waals surface area (Å²) < 4.78 is 5.35. The van der Waals surface area contributed by atoms with Crippen molar-refractivity contribution in [1.29, 1.82) is 0 Å².